The fraction of sp³-hybridized carbons (Fsp3) is 0.273. The van der Waals surface area contributed by atoms with E-state index >= 15 is 0 Å². The first-order chi connectivity index (χ1) is 6.85. The van der Waals surface area contributed by atoms with Crippen LogP contribution in [0.2, 0.25) is 0 Å². The van der Waals surface area contributed by atoms with Crippen LogP contribution in [-0.4, -0.2) is 18.7 Å². The molecule has 0 fully saturated rings. The first-order valence-electron chi connectivity index (χ1n) is 4.63. The maximum atomic E-state index is 5.46. The van der Waals surface area contributed by atoms with Crippen LogP contribution in [0.5, 0.6) is 11.5 Å². The minimum absolute atomic E-state index is 0.641. The van der Waals surface area contributed by atoms with Gasteiger partial charge in [0.1, 0.15) is 0 Å². The van der Waals surface area contributed by atoms with Gasteiger partial charge < -0.3 is 14.5 Å². The Morgan fingerprint density at radius 3 is 2.86 bits per heavy atom. The number of hydrogen-bond acceptors (Lipinski definition) is 2. The third-order valence-corrected chi connectivity index (χ3v) is 2.14. The third kappa shape index (κ3) is 1.41. The number of hydrogen-bond donors (Lipinski definition) is 1. The normalized spacial score (nSPS) is 10.4. The van der Waals surface area contributed by atoms with Crippen LogP contribution in [0.1, 0.15) is 6.92 Å². The maximum absolute atomic E-state index is 5.46. The Morgan fingerprint density at radius 1 is 1.29 bits per heavy atom. The fourth-order valence-electron chi connectivity index (χ4n) is 1.49. The zero-order valence-electron chi connectivity index (χ0n) is 8.33. The monoisotopic (exact) mass is 191 g/mol. The zero-order chi connectivity index (χ0) is 9.97. The molecule has 0 aliphatic heterocycles. The number of fused-ring (bicyclic) bond motifs is 1. The number of nitrogens with one attached hydrogen (secondary N) is 1. The molecule has 1 aromatic carbocycles. The molecule has 0 bridgehead atoms. The SMILES string of the molecule is CCOc1cc2[nH]ccc2cc1OC. The Bertz CT molecular complexity index is 434. The van der Waals surface area contributed by atoms with Crippen LogP contribution < -0.4 is 9.47 Å². The second-order valence-corrected chi connectivity index (χ2v) is 3.00. The van der Waals surface area contributed by atoms with Gasteiger partial charge in [0.2, 0.25) is 0 Å². The van der Waals surface area contributed by atoms with E-state index in [4.69, 9.17) is 9.47 Å². The van der Waals surface area contributed by atoms with Crippen molar-refractivity contribution in [3.05, 3.63) is 24.4 Å². The highest BCUT2D eigenvalue weighted by Gasteiger charge is 2.06. The molecule has 0 unspecified atom stereocenters. The Hall–Kier alpha value is -1.64. The predicted molar refractivity (Wildman–Crippen MR) is 56.0 cm³/mol. The molecular formula is C11H13NO2. The van der Waals surface area contributed by atoms with Gasteiger partial charge in [0.25, 0.3) is 0 Å². The number of H-pyrrole nitrogens is 1. The topological polar surface area (TPSA) is 34.2 Å². The third-order valence-electron chi connectivity index (χ3n) is 2.14. The molecule has 0 aliphatic carbocycles. The minimum Gasteiger partial charge on any atom is -0.493 e. The van der Waals surface area contributed by atoms with Gasteiger partial charge in [-0.3, -0.25) is 0 Å². The molecule has 1 aromatic heterocycles. The molecule has 3 heteroatoms. The average Bonchev–Trinajstić information content (AvgIpc) is 2.64. The van der Waals surface area contributed by atoms with E-state index in [-0.39, 0.29) is 0 Å². The molecule has 0 saturated carbocycles. The van der Waals surface area contributed by atoms with Crippen LogP contribution in [0, 0.1) is 0 Å². The van der Waals surface area contributed by atoms with Gasteiger partial charge in [-0.1, -0.05) is 0 Å². The molecule has 2 rings (SSSR count). The average molecular weight is 191 g/mol. The highest BCUT2D eigenvalue weighted by atomic mass is 16.5. The Morgan fingerprint density at radius 2 is 2.14 bits per heavy atom. The van der Waals surface area contributed by atoms with Gasteiger partial charge >= 0.3 is 0 Å². The molecular weight excluding hydrogens is 178 g/mol. The maximum Gasteiger partial charge on any atom is 0.163 e. The highest BCUT2D eigenvalue weighted by Crippen LogP contribution is 2.31. The van der Waals surface area contributed by atoms with E-state index in [1.807, 2.05) is 31.3 Å². The zero-order valence-corrected chi connectivity index (χ0v) is 8.33. The van der Waals surface area contributed by atoms with Crippen LogP contribution in [-0.2, 0) is 0 Å². The summed E-state index contributed by atoms with van der Waals surface area (Å²) in [5.41, 5.74) is 1.06. The number of rotatable bonds is 3. The highest BCUT2D eigenvalue weighted by molar-refractivity contribution is 5.83. The number of aromatic amines is 1. The van der Waals surface area contributed by atoms with Crippen LogP contribution in [0.25, 0.3) is 10.9 Å². The van der Waals surface area contributed by atoms with E-state index in [1.165, 1.54) is 0 Å². The van der Waals surface area contributed by atoms with Crippen LogP contribution in [0.4, 0.5) is 0 Å². The minimum atomic E-state index is 0.641. The van der Waals surface area contributed by atoms with E-state index in [0.717, 1.165) is 22.4 Å². The van der Waals surface area contributed by atoms with Gasteiger partial charge in [0.15, 0.2) is 11.5 Å². The summed E-state index contributed by atoms with van der Waals surface area (Å²) in [4.78, 5) is 3.13. The number of ether oxygens (including phenoxy) is 2. The van der Waals surface area contributed by atoms with Crippen molar-refractivity contribution in [3.63, 3.8) is 0 Å². The summed E-state index contributed by atoms with van der Waals surface area (Å²) in [6.07, 6.45) is 1.90. The van der Waals surface area contributed by atoms with Crippen molar-refractivity contribution in [3.8, 4) is 11.5 Å². The predicted octanol–water partition coefficient (Wildman–Crippen LogP) is 2.58. The van der Waals surface area contributed by atoms with Crippen molar-refractivity contribution < 1.29 is 9.47 Å². The molecule has 1 N–H and O–H groups in total. The Labute approximate surface area is 82.6 Å². The van der Waals surface area contributed by atoms with Gasteiger partial charge in [0.05, 0.1) is 13.7 Å². The molecule has 0 radical (unpaired) electrons. The standard InChI is InChI=1S/C11H13NO2/c1-3-14-11-7-9-8(4-5-12-9)6-10(11)13-2/h4-7,12H,3H2,1-2H3. The molecule has 0 saturated heterocycles. The van der Waals surface area contributed by atoms with Crippen LogP contribution in [0.3, 0.4) is 0 Å². The first kappa shape index (κ1) is 8.94. The van der Waals surface area contributed by atoms with Gasteiger partial charge in [-0.25, -0.2) is 0 Å². The Kier molecular flexibility index (Phi) is 2.31. The van der Waals surface area contributed by atoms with Crippen molar-refractivity contribution in [1.29, 1.82) is 0 Å². The van der Waals surface area contributed by atoms with Gasteiger partial charge in [-0.15, -0.1) is 0 Å². The molecule has 1 heterocycles. The van der Waals surface area contributed by atoms with Gasteiger partial charge in [-0.05, 0) is 19.1 Å². The number of benzene rings is 1. The van der Waals surface area contributed by atoms with Crippen molar-refractivity contribution >= 4 is 10.9 Å². The van der Waals surface area contributed by atoms with Crippen LogP contribution >= 0.6 is 0 Å². The molecule has 0 aliphatic rings. The van der Waals surface area contributed by atoms with E-state index in [9.17, 15) is 0 Å². The molecule has 74 valence electrons. The second kappa shape index (κ2) is 3.62. The van der Waals surface area contributed by atoms with Gasteiger partial charge in [-0.2, -0.15) is 0 Å². The molecule has 0 spiro atoms. The van der Waals surface area contributed by atoms with Crippen molar-refractivity contribution in [1.82, 2.24) is 4.98 Å². The van der Waals surface area contributed by atoms with Crippen molar-refractivity contribution in [2.45, 2.75) is 6.92 Å². The number of aromatic nitrogens is 1. The molecule has 0 amide bonds. The van der Waals surface area contributed by atoms with E-state index in [0.29, 0.717) is 6.61 Å². The van der Waals surface area contributed by atoms with Crippen molar-refractivity contribution in [2.75, 3.05) is 13.7 Å². The lowest BCUT2D eigenvalue weighted by Crippen LogP contribution is -1.94. The summed E-state index contributed by atoms with van der Waals surface area (Å²) in [7, 11) is 1.65. The lowest BCUT2D eigenvalue weighted by atomic mass is 10.2. The molecule has 3 nitrogen and oxygen atoms in total. The fourth-order valence-corrected chi connectivity index (χ4v) is 1.49. The lowest BCUT2D eigenvalue weighted by Gasteiger charge is -2.08. The summed E-state index contributed by atoms with van der Waals surface area (Å²) < 4.78 is 10.7. The molecule has 0 atom stereocenters. The van der Waals surface area contributed by atoms with Crippen molar-refractivity contribution in [2.24, 2.45) is 0 Å². The van der Waals surface area contributed by atoms with E-state index in [2.05, 4.69) is 4.98 Å². The smallest absolute Gasteiger partial charge is 0.163 e. The van der Waals surface area contributed by atoms with E-state index < -0.39 is 0 Å². The number of methoxy groups -OCH3 is 1. The summed E-state index contributed by atoms with van der Waals surface area (Å²) in [6.45, 7) is 2.60. The van der Waals surface area contributed by atoms with E-state index in [1.54, 1.807) is 7.11 Å². The lowest BCUT2D eigenvalue weighted by molar-refractivity contribution is 0.311. The second-order valence-electron chi connectivity index (χ2n) is 3.00. The summed E-state index contributed by atoms with van der Waals surface area (Å²) in [6, 6.07) is 5.93. The molecule has 2 aromatic rings. The van der Waals surface area contributed by atoms with Gasteiger partial charge in [0, 0.05) is 23.2 Å². The summed E-state index contributed by atoms with van der Waals surface area (Å²) in [5.74, 6) is 1.56. The summed E-state index contributed by atoms with van der Waals surface area (Å²) in [5, 5.41) is 1.13. The Balaban J connectivity index is 2.54. The molecule has 14 heavy (non-hydrogen) atoms. The first-order valence-corrected chi connectivity index (χ1v) is 4.63. The quantitative estimate of drug-likeness (QED) is 0.809. The largest absolute Gasteiger partial charge is 0.493 e. The van der Waals surface area contributed by atoms with Crippen LogP contribution in [0.15, 0.2) is 24.4 Å². The summed E-state index contributed by atoms with van der Waals surface area (Å²) >= 11 is 0.